The molecule has 1 unspecified atom stereocenters. The number of piperidine rings is 1. The average Bonchev–Trinajstić information content (AvgIpc) is 3.48. The van der Waals surface area contributed by atoms with Gasteiger partial charge in [-0.15, -0.1) is 10.2 Å². The van der Waals surface area contributed by atoms with Crippen molar-refractivity contribution in [2.24, 2.45) is 5.41 Å². The van der Waals surface area contributed by atoms with Crippen LogP contribution in [0.3, 0.4) is 0 Å². The molecule has 0 saturated carbocycles. The summed E-state index contributed by atoms with van der Waals surface area (Å²) in [5, 5.41) is 10.8. The first-order valence-electron chi connectivity index (χ1n) is 12.6. The number of nitrogens with one attached hydrogen (secondary N) is 2. The molecule has 3 aromatic heterocycles. The quantitative estimate of drug-likeness (QED) is 0.379. The lowest BCUT2D eigenvalue weighted by Gasteiger charge is -2.43. The Morgan fingerprint density at radius 2 is 1.92 bits per heavy atom. The normalized spacial score (nSPS) is 19.9. The number of rotatable bonds is 5. The predicted octanol–water partition coefficient (Wildman–Crippen LogP) is 4.83. The highest BCUT2D eigenvalue weighted by Gasteiger charge is 2.49. The van der Waals surface area contributed by atoms with E-state index < -0.39 is 11.0 Å². The van der Waals surface area contributed by atoms with Crippen LogP contribution < -0.4 is 9.62 Å². The molecule has 1 spiro atoms. The van der Waals surface area contributed by atoms with E-state index >= 15 is 0 Å². The van der Waals surface area contributed by atoms with Crippen molar-refractivity contribution in [3.8, 4) is 0 Å². The molecule has 192 valence electrons. The summed E-state index contributed by atoms with van der Waals surface area (Å²) in [6.45, 7) is 7.75. The van der Waals surface area contributed by atoms with Crippen LogP contribution in [0.2, 0.25) is 0 Å². The Morgan fingerprint density at radius 1 is 1.11 bits per heavy atom. The summed E-state index contributed by atoms with van der Waals surface area (Å²) in [7, 11) is -1.14. The van der Waals surface area contributed by atoms with Crippen molar-refractivity contribution < 1.29 is 4.21 Å². The van der Waals surface area contributed by atoms with Crippen molar-refractivity contribution in [2.75, 3.05) is 18.0 Å². The molecule has 0 bridgehead atoms. The van der Waals surface area contributed by atoms with Crippen LogP contribution in [0.25, 0.3) is 11.0 Å². The third-order valence-electron chi connectivity index (χ3n) is 7.51. The van der Waals surface area contributed by atoms with E-state index in [1.165, 1.54) is 11.1 Å². The van der Waals surface area contributed by atoms with E-state index in [4.69, 9.17) is 0 Å². The maximum atomic E-state index is 13.1. The highest BCUT2D eigenvalue weighted by molar-refractivity contribution is 7.99. The fraction of sp³-hybridized carbons (Fsp3) is 0.407. The number of anilines is 1. The molecular weight excluding hydrogens is 502 g/mol. The molecule has 8 nitrogen and oxygen atoms in total. The van der Waals surface area contributed by atoms with Crippen LogP contribution in [-0.4, -0.2) is 47.2 Å². The van der Waals surface area contributed by atoms with Crippen LogP contribution in [0.15, 0.2) is 64.9 Å². The van der Waals surface area contributed by atoms with E-state index in [1.54, 1.807) is 24.2 Å². The van der Waals surface area contributed by atoms with Gasteiger partial charge in [0.2, 0.25) is 5.95 Å². The van der Waals surface area contributed by atoms with E-state index in [9.17, 15) is 4.21 Å². The maximum Gasteiger partial charge on any atom is 0.245 e. The number of hydrogen-bond acceptors (Lipinski definition) is 7. The van der Waals surface area contributed by atoms with Crippen LogP contribution in [0.1, 0.15) is 50.8 Å². The smallest absolute Gasteiger partial charge is 0.245 e. The summed E-state index contributed by atoms with van der Waals surface area (Å²) >= 11 is 1.54. The maximum absolute atomic E-state index is 13.1. The number of aromatic nitrogens is 5. The molecule has 0 radical (unpaired) electrons. The fourth-order valence-electron chi connectivity index (χ4n) is 5.47. The van der Waals surface area contributed by atoms with Gasteiger partial charge in [0.05, 0.1) is 28.0 Å². The largest absolute Gasteiger partial charge is 0.346 e. The van der Waals surface area contributed by atoms with Gasteiger partial charge in [0.15, 0.2) is 0 Å². The van der Waals surface area contributed by atoms with Gasteiger partial charge in [0.1, 0.15) is 10.7 Å². The Kier molecular flexibility index (Phi) is 6.29. The summed E-state index contributed by atoms with van der Waals surface area (Å²) in [5.74, 6) is 0.666. The molecule has 0 amide bonds. The Balaban J connectivity index is 1.16. The number of nitrogens with zero attached hydrogens (tertiary/aromatic N) is 5. The molecule has 1 aliphatic carbocycles. The lowest BCUT2D eigenvalue weighted by molar-refractivity contribution is 0.177. The van der Waals surface area contributed by atoms with Crippen LogP contribution in [-0.2, 0) is 17.4 Å². The second kappa shape index (κ2) is 9.49. The fourth-order valence-corrected chi connectivity index (χ4v) is 7.23. The zero-order valence-electron chi connectivity index (χ0n) is 21.3. The van der Waals surface area contributed by atoms with Crippen molar-refractivity contribution >= 4 is 39.7 Å². The van der Waals surface area contributed by atoms with E-state index in [0.29, 0.717) is 5.95 Å². The van der Waals surface area contributed by atoms with E-state index in [2.05, 4.69) is 59.0 Å². The summed E-state index contributed by atoms with van der Waals surface area (Å²) < 4.78 is 16.3. The van der Waals surface area contributed by atoms with E-state index in [0.717, 1.165) is 53.3 Å². The Bertz CT molecular complexity index is 1440. The number of H-pyrrole nitrogens is 1. The van der Waals surface area contributed by atoms with Crippen LogP contribution >= 0.6 is 11.8 Å². The minimum atomic E-state index is -1.14. The van der Waals surface area contributed by atoms with Gasteiger partial charge < -0.3 is 9.88 Å². The topological polar surface area (TPSA) is 99.7 Å². The molecule has 1 saturated heterocycles. The minimum Gasteiger partial charge on any atom is -0.346 e. The first-order valence-corrected chi connectivity index (χ1v) is 14.6. The molecule has 1 aliphatic heterocycles. The monoisotopic (exact) mass is 533 g/mol. The molecule has 1 fully saturated rings. The first kappa shape index (κ1) is 24.5. The molecule has 2 aliphatic rings. The van der Waals surface area contributed by atoms with Gasteiger partial charge in [-0.1, -0.05) is 36.0 Å². The molecule has 10 heteroatoms. The zero-order valence-corrected chi connectivity index (χ0v) is 22.9. The number of aromatic amines is 1. The summed E-state index contributed by atoms with van der Waals surface area (Å²) in [6, 6.07) is 12.7. The summed E-state index contributed by atoms with van der Waals surface area (Å²) in [6.07, 6.45) is 8.44. The number of hydrogen-bond donors (Lipinski definition) is 2. The molecule has 37 heavy (non-hydrogen) atoms. The highest BCUT2D eigenvalue weighted by atomic mass is 32.2. The minimum absolute atomic E-state index is 0.0353. The summed E-state index contributed by atoms with van der Waals surface area (Å²) in [4.78, 5) is 15.4. The molecular formula is C27H31N7OS2. The molecule has 4 aromatic rings. The Labute approximate surface area is 223 Å². The second-order valence-corrected chi connectivity index (χ2v) is 14.0. The van der Waals surface area contributed by atoms with Crippen molar-refractivity contribution in [3.63, 3.8) is 0 Å². The van der Waals surface area contributed by atoms with Gasteiger partial charge in [-0.05, 0) is 68.7 Å². The number of pyridine rings is 1. The third kappa shape index (κ3) is 4.66. The van der Waals surface area contributed by atoms with Gasteiger partial charge in [-0.25, -0.2) is 18.9 Å². The van der Waals surface area contributed by atoms with Gasteiger partial charge >= 0.3 is 0 Å². The van der Waals surface area contributed by atoms with Crippen molar-refractivity contribution in [1.82, 2.24) is 29.9 Å². The van der Waals surface area contributed by atoms with Gasteiger partial charge in [-0.2, -0.15) is 0 Å². The number of benzene rings is 1. The highest BCUT2D eigenvalue weighted by Crippen LogP contribution is 2.52. The van der Waals surface area contributed by atoms with Crippen molar-refractivity contribution in [1.29, 1.82) is 0 Å². The standard InChI is InChI=1S/C27H31N7OS2/c1-26(2,3)37(35)33-23-19-7-5-4-6-18(19)16-27(23)10-14-34(15-11-27)25-30-17-22(31-32-25)36-21-9-13-29-24-20(21)8-12-28-24/h4-9,12-13,17,23,33H,10-11,14-16H2,1-3H3,(H,28,29)/t23-,37?/m1/s1. The second-order valence-electron chi connectivity index (χ2n) is 10.9. The molecule has 1 aromatic carbocycles. The van der Waals surface area contributed by atoms with E-state index in [-0.39, 0.29) is 16.2 Å². The first-order chi connectivity index (χ1) is 17.8. The summed E-state index contributed by atoms with van der Waals surface area (Å²) in [5.41, 5.74) is 3.55. The molecule has 2 N–H and O–H groups in total. The van der Waals surface area contributed by atoms with E-state index in [1.807, 2.05) is 39.1 Å². The SMILES string of the molecule is CC(C)(C)S(=O)N[C@@H]1c2ccccc2CC12CCN(c1ncc(Sc3ccnc4[nH]ccc34)nn1)CC2. The van der Waals surface area contributed by atoms with Crippen molar-refractivity contribution in [3.05, 3.63) is 66.1 Å². The Morgan fingerprint density at radius 3 is 2.68 bits per heavy atom. The lowest BCUT2D eigenvalue weighted by Crippen LogP contribution is -2.48. The van der Waals surface area contributed by atoms with Gasteiger partial charge in [-0.3, -0.25) is 0 Å². The van der Waals surface area contributed by atoms with Crippen LogP contribution in [0, 0.1) is 5.41 Å². The van der Waals surface area contributed by atoms with Crippen LogP contribution in [0.4, 0.5) is 5.95 Å². The number of fused-ring (bicyclic) bond motifs is 2. The third-order valence-corrected chi connectivity index (χ3v) is 10.0. The molecule has 6 rings (SSSR count). The Hall–Kier alpha value is -2.82. The predicted molar refractivity (Wildman–Crippen MR) is 148 cm³/mol. The zero-order chi connectivity index (χ0) is 25.6. The van der Waals surface area contributed by atoms with Crippen LogP contribution in [0.5, 0.6) is 0 Å². The van der Waals surface area contributed by atoms with Gasteiger partial charge in [0, 0.05) is 35.8 Å². The lowest BCUT2D eigenvalue weighted by atomic mass is 9.73. The molecule has 4 heterocycles. The molecule has 2 atom stereocenters. The van der Waals surface area contributed by atoms with Crippen molar-refractivity contribution in [2.45, 2.75) is 60.7 Å². The average molecular weight is 534 g/mol. The van der Waals surface area contributed by atoms with Gasteiger partial charge in [0.25, 0.3) is 0 Å².